The Morgan fingerprint density at radius 2 is 1.67 bits per heavy atom. The standard InChI is InChI=1S/C18H14F3NO2/c19-18(20,21)16(24)22-17(10-12-6-2-1-3-7-12)11-13-8-4-5-9-14(13)15(17)23/h1-9H,10-11H2,(H,22,24). The van der Waals surface area contributed by atoms with E-state index in [1.54, 1.807) is 54.6 Å². The molecule has 0 aromatic heterocycles. The molecule has 3 rings (SSSR count). The smallest absolute Gasteiger partial charge is 0.335 e. The molecule has 0 fully saturated rings. The number of benzene rings is 2. The fraction of sp³-hybridized carbons (Fsp3) is 0.222. The maximum atomic E-state index is 12.8. The van der Waals surface area contributed by atoms with Crippen LogP contribution in [0.15, 0.2) is 54.6 Å². The Labute approximate surface area is 136 Å². The molecule has 0 saturated heterocycles. The Morgan fingerprint density at radius 3 is 2.29 bits per heavy atom. The molecule has 6 heteroatoms. The van der Waals surface area contributed by atoms with Crippen molar-refractivity contribution in [3.8, 4) is 0 Å². The third-order valence-electron chi connectivity index (χ3n) is 4.15. The van der Waals surface area contributed by atoms with Gasteiger partial charge in [0.15, 0.2) is 5.78 Å². The van der Waals surface area contributed by atoms with Crippen molar-refractivity contribution in [3.05, 3.63) is 71.3 Å². The Hall–Kier alpha value is -2.63. The van der Waals surface area contributed by atoms with Crippen molar-refractivity contribution in [1.82, 2.24) is 5.32 Å². The van der Waals surface area contributed by atoms with Crippen molar-refractivity contribution in [1.29, 1.82) is 0 Å². The molecule has 3 nitrogen and oxygen atoms in total. The minimum Gasteiger partial charge on any atom is -0.335 e. The number of ketones is 1. The van der Waals surface area contributed by atoms with Gasteiger partial charge >= 0.3 is 12.1 Å². The number of hydrogen-bond donors (Lipinski definition) is 1. The van der Waals surface area contributed by atoms with E-state index in [2.05, 4.69) is 0 Å². The predicted octanol–water partition coefficient (Wildman–Crippen LogP) is 3.09. The summed E-state index contributed by atoms with van der Waals surface area (Å²) in [5, 5.41) is 1.96. The molecule has 1 aliphatic rings. The second-order valence-electron chi connectivity index (χ2n) is 5.86. The minimum atomic E-state index is -5.04. The monoisotopic (exact) mass is 333 g/mol. The van der Waals surface area contributed by atoms with E-state index < -0.39 is 23.4 Å². The van der Waals surface area contributed by atoms with Crippen LogP contribution in [0.4, 0.5) is 13.2 Å². The van der Waals surface area contributed by atoms with Gasteiger partial charge in [-0.15, -0.1) is 0 Å². The highest BCUT2D eigenvalue weighted by molar-refractivity contribution is 6.09. The summed E-state index contributed by atoms with van der Waals surface area (Å²) in [6, 6.07) is 15.3. The van der Waals surface area contributed by atoms with Gasteiger partial charge in [-0.3, -0.25) is 9.59 Å². The third kappa shape index (κ3) is 2.91. The molecular formula is C18H14F3NO2. The van der Waals surface area contributed by atoms with Gasteiger partial charge in [0.2, 0.25) is 0 Å². The van der Waals surface area contributed by atoms with E-state index in [9.17, 15) is 22.8 Å². The van der Waals surface area contributed by atoms with E-state index >= 15 is 0 Å². The summed E-state index contributed by atoms with van der Waals surface area (Å²) >= 11 is 0. The first-order valence-electron chi connectivity index (χ1n) is 7.38. The second kappa shape index (κ2) is 5.78. The molecule has 1 N–H and O–H groups in total. The van der Waals surface area contributed by atoms with E-state index in [-0.39, 0.29) is 12.8 Å². The van der Waals surface area contributed by atoms with Gasteiger partial charge in [0.25, 0.3) is 0 Å². The second-order valence-corrected chi connectivity index (χ2v) is 5.86. The highest BCUT2D eigenvalue weighted by Crippen LogP contribution is 2.33. The van der Waals surface area contributed by atoms with Crippen molar-refractivity contribution in [2.24, 2.45) is 0 Å². The minimum absolute atomic E-state index is 0.00315. The highest BCUT2D eigenvalue weighted by Gasteiger charge is 2.51. The molecule has 2 aromatic carbocycles. The quantitative estimate of drug-likeness (QED) is 0.938. The lowest BCUT2D eigenvalue weighted by Gasteiger charge is -2.29. The summed E-state index contributed by atoms with van der Waals surface area (Å²) < 4.78 is 38.2. The summed E-state index contributed by atoms with van der Waals surface area (Å²) in [7, 11) is 0. The summed E-state index contributed by atoms with van der Waals surface area (Å²) in [4.78, 5) is 24.3. The summed E-state index contributed by atoms with van der Waals surface area (Å²) in [6.07, 6.45) is -5.00. The lowest BCUT2D eigenvalue weighted by Crippen LogP contribution is -2.58. The normalized spacial score (nSPS) is 19.9. The molecule has 1 atom stereocenters. The van der Waals surface area contributed by atoms with Crippen molar-refractivity contribution >= 4 is 11.7 Å². The van der Waals surface area contributed by atoms with Gasteiger partial charge in [-0.25, -0.2) is 0 Å². The predicted molar refractivity (Wildman–Crippen MR) is 81.6 cm³/mol. The van der Waals surface area contributed by atoms with Crippen molar-refractivity contribution in [2.75, 3.05) is 0 Å². The van der Waals surface area contributed by atoms with Crippen LogP contribution < -0.4 is 5.32 Å². The van der Waals surface area contributed by atoms with Crippen LogP contribution in [0.2, 0.25) is 0 Å². The summed E-state index contributed by atoms with van der Waals surface area (Å²) in [5.74, 6) is -2.58. The number of alkyl halides is 3. The van der Waals surface area contributed by atoms with Crippen LogP contribution in [0.1, 0.15) is 21.5 Å². The van der Waals surface area contributed by atoms with E-state index in [1.165, 1.54) is 0 Å². The molecule has 0 radical (unpaired) electrons. The first kappa shape index (κ1) is 16.2. The largest absolute Gasteiger partial charge is 0.471 e. The van der Waals surface area contributed by atoms with Gasteiger partial charge in [-0.2, -0.15) is 13.2 Å². The SMILES string of the molecule is O=C(NC1(Cc2ccccc2)Cc2ccccc2C1=O)C(F)(F)F. The fourth-order valence-corrected chi connectivity index (χ4v) is 3.08. The third-order valence-corrected chi connectivity index (χ3v) is 4.15. The average molecular weight is 333 g/mol. The number of amides is 1. The highest BCUT2D eigenvalue weighted by atomic mass is 19.4. The number of rotatable bonds is 3. The maximum Gasteiger partial charge on any atom is 0.471 e. The Morgan fingerprint density at radius 1 is 1.04 bits per heavy atom. The van der Waals surface area contributed by atoms with Gasteiger partial charge in [0.1, 0.15) is 5.54 Å². The zero-order chi connectivity index (χ0) is 17.4. The molecule has 0 saturated carbocycles. The number of Topliss-reactive ketones (excluding diaryl/α,β-unsaturated/α-hetero) is 1. The molecular weight excluding hydrogens is 319 g/mol. The lowest BCUT2D eigenvalue weighted by atomic mass is 9.86. The van der Waals surface area contributed by atoms with Crippen LogP contribution in [0.5, 0.6) is 0 Å². The first-order valence-corrected chi connectivity index (χ1v) is 7.38. The van der Waals surface area contributed by atoms with Crippen LogP contribution in [0, 0.1) is 0 Å². The van der Waals surface area contributed by atoms with Gasteiger partial charge < -0.3 is 5.32 Å². The van der Waals surface area contributed by atoms with Crippen molar-refractivity contribution in [2.45, 2.75) is 24.6 Å². The van der Waals surface area contributed by atoms with Crippen molar-refractivity contribution in [3.63, 3.8) is 0 Å². The number of fused-ring (bicyclic) bond motifs is 1. The van der Waals surface area contributed by atoms with Gasteiger partial charge in [0.05, 0.1) is 0 Å². The van der Waals surface area contributed by atoms with Crippen LogP contribution >= 0.6 is 0 Å². The molecule has 24 heavy (non-hydrogen) atoms. The molecule has 1 aliphatic carbocycles. The molecule has 124 valence electrons. The van der Waals surface area contributed by atoms with Crippen LogP contribution in [0.25, 0.3) is 0 Å². The van der Waals surface area contributed by atoms with E-state index in [0.717, 1.165) is 0 Å². The Kier molecular flexibility index (Phi) is 3.91. The van der Waals surface area contributed by atoms with E-state index in [1.807, 2.05) is 5.32 Å². The molecule has 0 bridgehead atoms. The lowest BCUT2D eigenvalue weighted by molar-refractivity contribution is -0.175. The molecule has 1 unspecified atom stereocenters. The van der Waals surface area contributed by atoms with Crippen LogP contribution in [0.3, 0.4) is 0 Å². The molecule has 0 spiro atoms. The topological polar surface area (TPSA) is 46.2 Å². The Bertz CT molecular complexity index is 786. The van der Waals surface area contributed by atoms with E-state index in [4.69, 9.17) is 0 Å². The summed E-state index contributed by atoms with van der Waals surface area (Å²) in [5.41, 5.74) is 0.0652. The van der Waals surface area contributed by atoms with Gasteiger partial charge in [-0.1, -0.05) is 54.6 Å². The molecule has 0 aliphatic heterocycles. The first-order chi connectivity index (χ1) is 11.3. The number of nitrogens with one attached hydrogen (secondary N) is 1. The van der Waals surface area contributed by atoms with Gasteiger partial charge in [0, 0.05) is 18.4 Å². The molecule has 0 heterocycles. The number of halogens is 3. The van der Waals surface area contributed by atoms with Crippen LogP contribution in [-0.4, -0.2) is 23.4 Å². The number of carbonyl (C=O) groups excluding carboxylic acids is 2. The zero-order valence-electron chi connectivity index (χ0n) is 12.6. The number of carbonyl (C=O) groups is 2. The fourth-order valence-electron chi connectivity index (χ4n) is 3.08. The van der Waals surface area contributed by atoms with Crippen molar-refractivity contribution < 1.29 is 22.8 Å². The molecule has 1 amide bonds. The maximum absolute atomic E-state index is 12.8. The average Bonchev–Trinajstić information content (AvgIpc) is 2.80. The summed E-state index contributed by atoms with van der Waals surface area (Å²) in [6.45, 7) is 0. The Balaban J connectivity index is 2.00. The zero-order valence-corrected chi connectivity index (χ0v) is 12.6. The van der Waals surface area contributed by atoms with Crippen LogP contribution in [-0.2, 0) is 17.6 Å². The van der Waals surface area contributed by atoms with E-state index in [0.29, 0.717) is 16.7 Å². The molecule has 2 aromatic rings. The van der Waals surface area contributed by atoms with Gasteiger partial charge in [-0.05, 0) is 11.1 Å². The number of hydrogen-bond acceptors (Lipinski definition) is 2.